The van der Waals surface area contributed by atoms with Crippen molar-refractivity contribution in [3.8, 4) is 5.75 Å². The smallest absolute Gasteiger partial charge is 0.325 e. The fourth-order valence-corrected chi connectivity index (χ4v) is 2.51. The molecule has 1 fully saturated rings. The monoisotopic (exact) mass is 377 g/mol. The van der Waals surface area contributed by atoms with Crippen LogP contribution in [0.5, 0.6) is 5.75 Å². The lowest BCUT2D eigenvalue weighted by atomic mass is 10.1. The Balaban J connectivity index is 1.41. The van der Waals surface area contributed by atoms with Gasteiger partial charge in [0.25, 0.3) is 0 Å². The van der Waals surface area contributed by atoms with Crippen molar-refractivity contribution in [3.05, 3.63) is 42.0 Å². The van der Waals surface area contributed by atoms with E-state index in [2.05, 4.69) is 15.6 Å². The van der Waals surface area contributed by atoms with E-state index >= 15 is 0 Å². The highest BCUT2D eigenvalue weighted by Crippen LogP contribution is 2.20. The Kier molecular flexibility index (Phi) is 5.84. The molecule has 9 nitrogen and oxygen atoms in total. The van der Waals surface area contributed by atoms with Gasteiger partial charge in [-0.25, -0.2) is 13.9 Å². The molecule has 27 heavy (non-hydrogen) atoms. The second-order valence-corrected chi connectivity index (χ2v) is 5.96. The number of hydrogen-bond donors (Lipinski definition) is 1. The van der Waals surface area contributed by atoms with E-state index in [0.717, 1.165) is 0 Å². The number of rotatable bonds is 7. The van der Waals surface area contributed by atoms with Crippen molar-refractivity contribution in [2.45, 2.75) is 19.6 Å². The van der Waals surface area contributed by atoms with E-state index in [9.17, 15) is 14.0 Å². The number of nitrogens with one attached hydrogen (secondary N) is 1. The van der Waals surface area contributed by atoms with E-state index in [1.54, 1.807) is 34.8 Å². The normalized spacial score (nSPS) is 13.8. The van der Waals surface area contributed by atoms with Gasteiger partial charge in [0, 0.05) is 13.1 Å². The summed E-state index contributed by atoms with van der Waals surface area (Å²) in [5.74, 6) is -0.252. The van der Waals surface area contributed by atoms with E-state index in [-0.39, 0.29) is 37.6 Å². The summed E-state index contributed by atoms with van der Waals surface area (Å²) in [6, 6.07) is 5.42. The van der Waals surface area contributed by atoms with Crippen molar-refractivity contribution in [1.82, 2.24) is 25.2 Å². The summed E-state index contributed by atoms with van der Waals surface area (Å²) < 4.78 is 24.8. The van der Waals surface area contributed by atoms with Gasteiger partial charge in [0.2, 0.25) is 0 Å². The molecule has 1 aromatic heterocycles. The maximum absolute atomic E-state index is 12.9. The van der Waals surface area contributed by atoms with Gasteiger partial charge in [0.15, 0.2) is 0 Å². The second kappa shape index (κ2) is 8.47. The Hall–Kier alpha value is -3.17. The molecule has 0 saturated carbocycles. The first-order valence-electron chi connectivity index (χ1n) is 8.52. The number of likely N-dealkylation sites (tertiary alicyclic amines) is 1. The summed E-state index contributed by atoms with van der Waals surface area (Å²) in [5, 5.41) is 10.6. The van der Waals surface area contributed by atoms with Crippen LogP contribution in [0.1, 0.15) is 18.7 Å². The topological polar surface area (TPSA) is 98.6 Å². The second-order valence-electron chi connectivity index (χ2n) is 5.96. The van der Waals surface area contributed by atoms with Crippen LogP contribution in [-0.4, -0.2) is 58.1 Å². The van der Waals surface area contributed by atoms with Crippen LogP contribution in [0.2, 0.25) is 0 Å². The number of aromatic nitrogens is 3. The Morgan fingerprint density at radius 3 is 2.74 bits per heavy atom. The molecule has 3 rings (SSSR count). The number of amides is 2. The van der Waals surface area contributed by atoms with Crippen LogP contribution in [0, 0.1) is 5.82 Å². The first kappa shape index (κ1) is 18.6. The minimum atomic E-state index is -0.468. The summed E-state index contributed by atoms with van der Waals surface area (Å²) in [6.07, 6.45) is 1.75. The molecule has 144 valence electrons. The first-order chi connectivity index (χ1) is 13.0. The van der Waals surface area contributed by atoms with Crippen LogP contribution in [0.15, 0.2) is 30.5 Å². The molecular weight excluding hydrogens is 357 g/mol. The molecule has 0 aliphatic carbocycles. The van der Waals surface area contributed by atoms with Crippen molar-refractivity contribution in [1.29, 1.82) is 0 Å². The van der Waals surface area contributed by atoms with Gasteiger partial charge in [-0.1, -0.05) is 5.21 Å². The number of nitrogens with zero attached hydrogens (tertiary/aromatic N) is 4. The number of esters is 1. The van der Waals surface area contributed by atoms with Gasteiger partial charge in [-0.05, 0) is 31.2 Å². The number of urea groups is 1. The fraction of sp³-hybridized carbons (Fsp3) is 0.412. The number of ether oxygens (including phenoxy) is 2. The van der Waals surface area contributed by atoms with Gasteiger partial charge in [0.1, 0.15) is 30.4 Å². The van der Waals surface area contributed by atoms with E-state index in [1.165, 1.54) is 12.1 Å². The Bertz CT molecular complexity index is 789. The summed E-state index contributed by atoms with van der Waals surface area (Å²) in [6.45, 7) is 2.98. The van der Waals surface area contributed by atoms with Crippen LogP contribution < -0.4 is 10.1 Å². The summed E-state index contributed by atoms with van der Waals surface area (Å²) in [4.78, 5) is 24.7. The zero-order valence-electron chi connectivity index (χ0n) is 14.8. The lowest BCUT2D eigenvalue weighted by molar-refractivity contribution is -0.141. The third-order valence-corrected chi connectivity index (χ3v) is 3.97. The third kappa shape index (κ3) is 4.93. The molecule has 1 aliphatic rings. The van der Waals surface area contributed by atoms with Gasteiger partial charge in [-0.3, -0.25) is 4.79 Å². The van der Waals surface area contributed by atoms with E-state index in [1.807, 2.05) is 0 Å². The predicted octanol–water partition coefficient (Wildman–Crippen LogP) is 1.13. The SMILES string of the molecule is CCOC(=O)CNC(=O)N1CC(n2cc(COc3ccc(F)cc3)nn2)C1. The van der Waals surface area contributed by atoms with Crippen molar-refractivity contribution < 1.29 is 23.5 Å². The van der Waals surface area contributed by atoms with Crippen LogP contribution in [0.4, 0.5) is 9.18 Å². The van der Waals surface area contributed by atoms with Crippen molar-refractivity contribution in [2.24, 2.45) is 0 Å². The number of benzene rings is 1. The van der Waals surface area contributed by atoms with Gasteiger partial charge in [-0.15, -0.1) is 5.10 Å². The van der Waals surface area contributed by atoms with E-state index in [4.69, 9.17) is 9.47 Å². The number of halogens is 1. The molecule has 1 N–H and O–H groups in total. The van der Waals surface area contributed by atoms with Crippen LogP contribution in [-0.2, 0) is 16.1 Å². The number of carbonyl (C=O) groups is 2. The molecule has 1 saturated heterocycles. The van der Waals surface area contributed by atoms with Crippen LogP contribution >= 0.6 is 0 Å². The number of carbonyl (C=O) groups excluding carboxylic acids is 2. The third-order valence-electron chi connectivity index (χ3n) is 3.97. The summed E-state index contributed by atoms with van der Waals surface area (Å²) in [5.41, 5.74) is 0.629. The molecule has 0 bridgehead atoms. The van der Waals surface area contributed by atoms with Gasteiger partial charge < -0.3 is 19.7 Å². The largest absolute Gasteiger partial charge is 0.487 e. The van der Waals surface area contributed by atoms with Crippen molar-refractivity contribution >= 4 is 12.0 Å². The molecule has 1 aliphatic heterocycles. The predicted molar refractivity (Wildman–Crippen MR) is 91.4 cm³/mol. The van der Waals surface area contributed by atoms with Crippen molar-refractivity contribution in [2.75, 3.05) is 26.2 Å². The van der Waals surface area contributed by atoms with Crippen LogP contribution in [0.3, 0.4) is 0 Å². The highest BCUT2D eigenvalue weighted by atomic mass is 19.1. The summed E-state index contributed by atoms with van der Waals surface area (Å²) >= 11 is 0. The molecule has 0 spiro atoms. The van der Waals surface area contributed by atoms with Crippen LogP contribution in [0.25, 0.3) is 0 Å². The average molecular weight is 377 g/mol. The van der Waals surface area contributed by atoms with Gasteiger partial charge in [-0.2, -0.15) is 0 Å². The lowest BCUT2D eigenvalue weighted by Crippen LogP contribution is -2.55. The Labute approximate surface area is 155 Å². The van der Waals surface area contributed by atoms with Gasteiger partial charge in [0.05, 0.1) is 18.8 Å². The molecule has 2 aromatic rings. The molecular formula is C17H20FN5O4. The lowest BCUT2D eigenvalue weighted by Gasteiger charge is -2.38. The summed E-state index contributed by atoms with van der Waals surface area (Å²) in [7, 11) is 0. The molecule has 2 amide bonds. The quantitative estimate of drug-likeness (QED) is 0.726. The van der Waals surface area contributed by atoms with Gasteiger partial charge >= 0.3 is 12.0 Å². The Morgan fingerprint density at radius 1 is 1.30 bits per heavy atom. The average Bonchev–Trinajstić information content (AvgIpc) is 3.07. The maximum Gasteiger partial charge on any atom is 0.325 e. The zero-order chi connectivity index (χ0) is 19.2. The standard InChI is InChI=1S/C17H20FN5O4/c1-2-26-16(24)7-19-17(25)22-9-14(10-22)23-8-13(20-21-23)11-27-15-5-3-12(18)4-6-15/h3-6,8,14H,2,7,9-11H2,1H3,(H,19,25). The minimum absolute atomic E-state index is 0.0189. The number of hydrogen-bond acceptors (Lipinski definition) is 6. The highest BCUT2D eigenvalue weighted by molar-refractivity contribution is 5.81. The zero-order valence-corrected chi connectivity index (χ0v) is 14.8. The molecule has 0 atom stereocenters. The van der Waals surface area contributed by atoms with E-state index < -0.39 is 5.97 Å². The highest BCUT2D eigenvalue weighted by Gasteiger charge is 2.33. The van der Waals surface area contributed by atoms with E-state index in [0.29, 0.717) is 24.5 Å². The fourth-order valence-electron chi connectivity index (χ4n) is 2.51. The molecule has 1 aromatic carbocycles. The minimum Gasteiger partial charge on any atom is -0.487 e. The Morgan fingerprint density at radius 2 is 2.04 bits per heavy atom. The first-order valence-corrected chi connectivity index (χ1v) is 8.52. The maximum atomic E-state index is 12.9. The molecule has 10 heteroatoms. The molecule has 0 unspecified atom stereocenters. The molecule has 2 heterocycles. The van der Waals surface area contributed by atoms with Crippen molar-refractivity contribution in [3.63, 3.8) is 0 Å². The molecule has 0 radical (unpaired) electrons.